The van der Waals surface area contributed by atoms with E-state index in [9.17, 15) is 0 Å². The van der Waals surface area contributed by atoms with Crippen molar-refractivity contribution in [3.8, 4) is 11.5 Å². The Hall–Kier alpha value is -1.70. The number of piperidine rings is 1. The van der Waals surface area contributed by atoms with Crippen LogP contribution in [-0.4, -0.2) is 87.6 Å². The molecular formula is C20H34N4O3. The van der Waals surface area contributed by atoms with Gasteiger partial charge >= 0.3 is 0 Å². The Morgan fingerprint density at radius 2 is 1.78 bits per heavy atom. The van der Waals surface area contributed by atoms with Gasteiger partial charge in [-0.15, -0.1) is 0 Å². The zero-order chi connectivity index (χ0) is 19.2. The highest BCUT2D eigenvalue weighted by atomic mass is 16.5. The maximum atomic E-state index is 9.03. The molecule has 0 amide bonds. The molecule has 0 atom stereocenters. The van der Waals surface area contributed by atoms with Gasteiger partial charge in [-0.3, -0.25) is 4.90 Å². The van der Waals surface area contributed by atoms with Crippen LogP contribution in [0.2, 0.25) is 0 Å². The normalized spacial score (nSPS) is 20.0. The van der Waals surface area contributed by atoms with Crippen molar-refractivity contribution in [3.63, 3.8) is 0 Å². The topological polar surface area (TPSA) is 74.4 Å². The van der Waals surface area contributed by atoms with Gasteiger partial charge in [-0.05, 0) is 19.9 Å². The molecule has 152 valence electrons. The predicted molar refractivity (Wildman–Crippen MR) is 109 cm³/mol. The second-order valence-corrected chi connectivity index (χ2v) is 7.54. The summed E-state index contributed by atoms with van der Waals surface area (Å²) in [6.45, 7) is 7.28. The van der Waals surface area contributed by atoms with Crippen LogP contribution in [0, 0.1) is 0 Å². The molecule has 2 aliphatic heterocycles. The Morgan fingerprint density at radius 3 is 2.41 bits per heavy atom. The predicted octanol–water partition coefficient (Wildman–Crippen LogP) is 1.25. The highest BCUT2D eigenvalue weighted by Gasteiger charge is 2.28. The van der Waals surface area contributed by atoms with Gasteiger partial charge in [-0.2, -0.15) is 0 Å². The van der Waals surface area contributed by atoms with E-state index in [0.717, 1.165) is 50.5 Å². The van der Waals surface area contributed by atoms with Gasteiger partial charge in [0.15, 0.2) is 0 Å². The molecule has 1 aromatic rings. The zero-order valence-corrected chi connectivity index (χ0v) is 16.7. The summed E-state index contributed by atoms with van der Waals surface area (Å²) >= 11 is 0. The highest BCUT2D eigenvalue weighted by molar-refractivity contribution is 5.70. The average Bonchev–Trinajstić information content (AvgIpc) is 2.69. The van der Waals surface area contributed by atoms with E-state index in [1.807, 2.05) is 12.1 Å². The standard InChI is InChI=1S/C20H34N4O3/c1-22-8-10-23(11-9-22)16-4-6-24(7-5-16)18-15-19(26-2)17(21)14-20(18)27-13-3-12-25/h14-16,25H,3-13,21H2,1-2H3. The number of rotatable bonds is 7. The van der Waals surface area contributed by atoms with Crippen LogP contribution in [0.15, 0.2) is 12.1 Å². The lowest BCUT2D eigenvalue weighted by Gasteiger charge is -2.42. The quantitative estimate of drug-likeness (QED) is 0.546. The van der Waals surface area contributed by atoms with E-state index in [-0.39, 0.29) is 6.61 Å². The third kappa shape index (κ3) is 4.97. The monoisotopic (exact) mass is 378 g/mol. The van der Waals surface area contributed by atoms with Gasteiger partial charge in [0.05, 0.1) is 25.1 Å². The maximum Gasteiger partial charge on any atom is 0.144 e. The number of hydrogen-bond acceptors (Lipinski definition) is 7. The van der Waals surface area contributed by atoms with Crippen molar-refractivity contribution in [2.75, 3.05) is 77.3 Å². The molecule has 1 aromatic carbocycles. The number of aliphatic hydroxyl groups excluding tert-OH is 1. The number of likely N-dealkylation sites (N-methyl/N-ethyl adjacent to an activating group) is 1. The van der Waals surface area contributed by atoms with Crippen molar-refractivity contribution >= 4 is 11.4 Å². The molecule has 0 saturated carbocycles. The molecule has 3 rings (SSSR count). The molecule has 0 unspecified atom stereocenters. The zero-order valence-electron chi connectivity index (χ0n) is 16.7. The van der Waals surface area contributed by atoms with Gasteiger partial charge in [0.25, 0.3) is 0 Å². The lowest BCUT2D eigenvalue weighted by atomic mass is 10.0. The largest absolute Gasteiger partial charge is 0.495 e. The van der Waals surface area contributed by atoms with Crippen LogP contribution in [0.3, 0.4) is 0 Å². The maximum absolute atomic E-state index is 9.03. The first-order valence-corrected chi connectivity index (χ1v) is 10.0. The van der Waals surface area contributed by atoms with Crippen LogP contribution in [0.5, 0.6) is 11.5 Å². The highest BCUT2D eigenvalue weighted by Crippen LogP contribution is 2.38. The fourth-order valence-corrected chi connectivity index (χ4v) is 4.01. The molecule has 2 saturated heterocycles. The van der Waals surface area contributed by atoms with E-state index in [4.69, 9.17) is 20.3 Å². The van der Waals surface area contributed by atoms with Crippen molar-refractivity contribution < 1.29 is 14.6 Å². The Balaban J connectivity index is 1.66. The van der Waals surface area contributed by atoms with Crippen LogP contribution in [-0.2, 0) is 0 Å². The minimum Gasteiger partial charge on any atom is -0.495 e. The van der Waals surface area contributed by atoms with E-state index >= 15 is 0 Å². The number of benzene rings is 1. The average molecular weight is 379 g/mol. The van der Waals surface area contributed by atoms with Crippen molar-refractivity contribution in [2.45, 2.75) is 25.3 Å². The fourth-order valence-electron chi connectivity index (χ4n) is 4.01. The smallest absolute Gasteiger partial charge is 0.144 e. The van der Waals surface area contributed by atoms with Crippen molar-refractivity contribution in [1.29, 1.82) is 0 Å². The molecule has 3 N–H and O–H groups in total. The molecular weight excluding hydrogens is 344 g/mol. The number of aliphatic hydroxyl groups is 1. The van der Waals surface area contributed by atoms with Gasteiger partial charge in [-0.1, -0.05) is 0 Å². The second kappa shape index (κ2) is 9.48. The minimum absolute atomic E-state index is 0.122. The number of nitrogens with zero attached hydrogens (tertiary/aromatic N) is 3. The van der Waals surface area contributed by atoms with Gasteiger partial charge < -0.3 is 30.1 Å². The first-order chi connectivity index (χ1) is 13.1. The van der Waals surface area contributed by atoms with Crippen molar-refractivity contribution in [2.24, 2.45) is 0 Å². The molecule has 7 nitrogen and oxygen atoms in total. The molecule has 0 spiro atoms. The molecule has 0 aromatic heterocycles. The fraction of sp³-hybridized carbons (Fsp3) is 0.700. The summed E-state index contributed by atoms with van der Waals surface area (Å²) in [6.07, 6.45) is 2.93. The molecule has 0 bridgehead atoms. The number of nitrogen functional groups attached to an aromatic ring is 1. The Kier molecular flexibility index (Phi) is 7.04. The van der Waals surface area contributed by atoms with E-state index < -0.39 is 0 Å². The summed E-state index contributed by atoms with van der Waals surface area (Å²) in [5, 5.41) is 9.03. The van der Waals surface area contributed by atoms with Gasteiger partial charge in [0.1, 0.15) is 11.5 Å². The number of methoxy groups -OCH3 is 1. The van der Waals surface area contributed by atoms with Gasteiger partial charge in [0, 0.05) is 70.5 Å². The number of nitrogens with two attached hydrogens (primary N) is 1. The summed E-state index contributed by atoms with van der Waals surface area (Å²) in [4.78, 5) is 7.44. The third-order valence-electron chi connectivity index (χ3n) is 5.73. The molecule has 2 aliphatic rings. The van der Waals surface area contributed by atoms with E-state index in [1.165, 1.54) is 13.1 Å². The minimum atomic E-state index is 0.122. The van der Waals surface area contributed by atoms with E-state index in [2.05, 4.69) is 21.7 Å². The number of ether oxygens (including phenoxy) is 2. The summed E-state index contributed by atoms with van der Waals surface area (Å²) in [7, 11) is 3.84. The Labute approximate surface area is 162 Å². The Bertz CT molecular complexity index is 597. The SMILES string of the molecule is COc1cc(N2CCC(N3CCN(C)CC3)CC2)c(OCCCO)cc1N. The summed E-state index contributed by atoms with van der Waals surface area (Å²) in [5.74, 6) is 1.46. The molecule has 27 heavy (non-hydrogen) atoms. The van der Waals surface area contributed by atoms with E-state index in [0.29, 0.717) is 30.5 Å². The first kappa shape index (κ1) is 20.0. The molecule has 7 heteroatoms. The molecule has 2 heterocycles. The van der Waals surface area contributed by atoms with Crippen LogP contribution in [0.25, 0.3) is 0 Å². The van der Waals surface area contributed by atoms with Crippen molar-refractivity contribution in [1.82, 2.24) is 9.80 Å². The molecule has 0 aliphatic carbocycles. The summed E-state index contributed by atoms with van der Waals surface area (Å²) < 4.78 is 11.3. The van der Waals surface area contributed by atoms with Crippen LogP contribution in [0.1, 0.15) is 19.3 Å². The summed E-state index contributed by atoms with van der Waals surface area (Å²) in [6, 6.07) is 4.50. The second-order valence-electron chi connectivity index (χ2n) is 7.54. The van der Waals surface area contributed by atoms with Gasteiger partial charge in [-0.25, -0.2) is 0 Å². The summed E-state index contributed by atoms with van der Waals surface area (Å²) in [5.41, 5.74) is 7.70. The van der Waals surface area contributed by atoms with Gasteiger partial charge in [0.2, 0.25) is 0 Å². The Morgan fingerprint density at radius 1 is 1.07 bits per heavy atom. The first-order valence-electron chi connectivity index (χ1n) is 10.0. The van der Waals surface area contributed by atoms with Crippen LogP contribution in [0.4, 0.5) is 11.4 Å². The molecule has 2 fully saturated rings. The van der Waals surface area contributed by atoms with Crippen LogP contribution >= 0.6 is 0 Å². The third-order valence-corrected chi connectivity index (χ3v) is 5.73. The van der Waals surface area contributed by atoms with Crippen LogP contribution < -0.4 is 20.1 Å². The lowest BCUT2D eigenvalue weighted by molar-refractivity contribution is 0.0981. The number of anilines is 2. The number of hydrogen-bond donors (Lipinski definition) is 2. The van der Waals surface area contributed by atoms with Crippen molar-refractivity contribution in [3.05, 3.63) is 12.1 Å². The molecule has 0 radical (unpaired) electrons. The lowest BCUT2D eigenvalue weighted by Crippen LogP contribution is -2.52. The number of piperazine rings is 1. The van der Waals surface area contributed by atoms with E-state index in [1.54, 1.807) is 7.11 Å².